The van der Waals surface area contributed by atoms with E-state index >= 15 is 0 Å². The van der Waals surface area contributed by atoms with Gasteiger partial charge in [-0.3, -0.25) is 0 Å². The van der Waals surface area contributed by atoms with Crippen molar-refractivity contribution in [1.29, 1.82) is 0 Å². The zero-order valence-electron chi connectivity index (χ0n) is 7.68. The number of ether oxygens (including phenoxy) is 1. The van der Waals surface area contributed by atoms with E-state index in [-0.39, 0.29) is 0 Å². The van der Waals surface area contributed by atoms with Gasteiger partial charge in [0.2, 0.25) is 5.13 Å². The smallest absolute Gasteiger partial charge is 0.203 e. The molecule has 0 amide bonds. The van der Waals surface area contributed by atoms with Gasteiger partial charge in [0.1, 0.15) is 12.4 Å². The molecule has 0 aliphatic rings. The number of hydrogen-bond acceptors (Lipinski definition) is 5. The first-order chi connectivity index (χ1) is 7.24. The summed E-state index contributed by atoms with van der Waals surface area (Å²) in [6.07, 6.45) is 0. The van der Waals surface area contributed by atoms with Gasteiger partial charge in [-0.25, -0.2) is 0 Å². The molecule has 2 rings (SSSR count). The number of benzene rings is 1. The number of halogens is 1. The molecule has 2 N–H and O–H groups in total. The minimum atomic E-state index is 0.399. The Morgan fingerprint density at radius 3 is 2.60 bits per heavy atom. The molecule has 0 unspecified atom stereocenters. The van der Waals surface area contributed by atoms with Gasteiger partial charge < -0.3 is 10.5 Å². The maximum Gasteiger partial charge on any atom is 0.203 e. The summed E-state index contributed by atoms with van der Waals surface area (Å²) in [5.41, 5.74) is 5.45. The molecule has 0 fully saturated rings. The predicted octanol–water partition coefficient (Wildman–Crippen LogP) is 2.46. The summed E-state index contributed by atoms with van der Waals surface area (Å²) < 4.78 is 6.52. The van der Waals surface area contributed by atoms with E-state index in [0.717, 1.165) is 15.2 Å². The van der Waals surface area contributed by atoms with E-state index in [1.54, 1.807) is 0 Å². The van der Waals surface area contributed by atoms with Crippen LogP contribution in [0.25, 0.3) is 0 Å². The highest BCUT2D eigenvalue weighted by atomic mass is 79.9. The van der Waals surface area contributed by atoms with Gasteiger partial charge >= 0.3 is 0 Å². The van der Waals surface area contributed by atoms with Crippen molar-refractivity contribution in [3.8, 4) is 5.75 Å². The summed E-state index contributed by atoms with van der Waals surface area (Å²) in [5, 5.41) is 8.80. The average Bonchev–Trinajstić information content (AvgIpc) is 2.64. The summed E-state index contributed by atoms with van der Waals surface area (Å²) in [4.78, 5) is 0. The summed E-state index contributed by atoms with van der Waals surface area (Å²) in [6.45, 7) is 0.399. The maximum absolute atomic E-state index is 5.49. The Balaban J connectivity index is 1.96. The van der Waals surface area contributed by atoms with Gasteiger partial charge in [-0.2, -0.15) is 0 Å². The van der Waals surface area contributed by atoms with Crippen LogP contribution in [0.2, 0.25) is 0 Å². The highest BCUT2D eigenvalue weighted by Crippen LogP contribution is 2.18. The fourth-order valence-electron chi connectivity index (χ4n) is 1.00. The zero-order valence-corrected chi connectivity index (χ0v) is 10.1. The fraction of sp³-hybridized carbons (Fsp3) is 0.111. The number of rotatable bonds is 3. The van der Waals surface area contributed by atoms with Crippen LogP contribution in [-0.4, -0.2) is 10.2 Å². The Bertz CT molecular complexity index is 443. The molecule has 4 nitrogen and oxygen atoms in total. The van der Waals surface area contributed by atoms with Crippen LogP contribution >= 0.6 is 27.3 Å². The van der Waals surface area contributed by atoms with Gasteiger partial charge in [0.05, 0.1) is 0 Å². The van der Waals surface area contributed by atoms with E-state index in [1.165, 1.54) is 11.3 Å². The first-order valence-electron chi connectivity index (χ1n) is 4.20. The predicted molar refractivity (Wildman–Crippen MR) is 62.8 cm³/mol. The molecule has 6 heteroatoms. The Morgan fingerprint density at radius 1 is 1.27 bits per heavy atom. The standard InChI is InChI=1S/C9H8BrN3OS/c10-6-1-3-7(4-2-6)14-5-8-12-13-9(11)15-8/h1-4H,5H2,(H2,11,13). The minimum Gasteiger partial charge on any atom is -0.486 e. The molecular weight excluding hydrogens is 278 g/mol. The number of nitrogen functional groups attached to an aromatic ring is 1. The molecule has 0 atom stereocenters. The van der Waals surface area contributed by atoms with E-state index in [2.05, 4.69) is 26.1 Å². The van der Waals surface area contributed by atoms with Crippen molar-refractivity contribution in [2.24, 2.45) is 0 Å². The minimum absolute atomic E-state index is 0.399. The van der Waals surface area contributed by atoms with Crippen LogP contribution in [0.4, 0.5) is 5.13 Å². The molecule has 2 aromatic rings. The summed E-state index contributed by atoms with van der Waals surface area (Å²) in [5.74, 6) is 0.798. The molecule has 0 aliphatic heterocycles. The molecule has 0 saturated carbocycles. The van der Waals surface area contributed by atoms with Crippen LogP contribution in [0.5, 0.6) is 5.75 Å². The first-order valence-corrected chi connectivity index (χ1v) is 5.81. The Kier molecular flexibility index (Phi) is 3.17. The van der Waals surface area contributed by atoms with E-state index in [1.807, 2.05) is 24.3 Å². The maximum atomic E-state index is 5.49. The van der Waals surface area contributed by atoms with E-state index in [0.29, 0.717) is 11.7 Å². The Morgan fingerprint density at radius 2 is 2.00 bits per heavy atom. The van der Waals surface area contributed by atoms with E-state index < -0.39 is 0 Å². The summed E-state index contributed by atoms with van der Waals surface area (Å²) in [6, 6.07) is 7.61. The highest BCUT2D eigenvalue weighted by Gasteiger charge is 2.01. The second-order valence-electron chi connectivity index (χ2n) is 2.78. The second-order valence-corrected chi connectivity index (χ2v) is 4.79. The van der Waals surface area contributed by atoms with Crippen molar-refractivity contribution in [3.63, 3.8) is 0 Å². The van der Waals surface area contributed by atoms with Crippen LogP contribution in [0.15, 0.2) is 28.7 Å². The molecule has 1 heterocycles. The van der Waals surface area contributed by atoms with Gasteiger partial charge in [-0.15, -0.1) is 10.2 Å². The molecule has 1 aromatic heterocycles. The number of hydrogen-bond donors (Lipinski definition) is 1. The fourth-order valence-corrected chi connectivity index (χ4v) is 1.79. The van der Waals surface area contributed by atoms with Crippen LogP contribution in [0, 0.1) is 0 Å². The van der Waals surface area contributed by atoms with Gasteiger partial charge in [-0.05, 0) is 24.3 Å². The lowest BCUT2D eigenvalue weighted by molar-refractivity contribution is 0.304. The summed E-state index contributed by atoms with van der Waals surface area (Å²) in [7, 11) is 0. The summed E-state index contributed by atoms with van der Waals surface area (Å²) >= 11 is 4.68. The topological polar surface area (TPSA) is 61.0 Å². The zero-order chi connectivity index (χ0) is 10.7. The lowest BCUT2D eigenvalue weighted by Gasteiger charge is -2.02. The first kappa shape index (κ1) is 10.4. The van der Waals surface area contributed by atoms with Gasteiger partial charge in [0, 0.05) is 4.47 Å². The molecule has 78 valence electrons. The molecular formula is C9H8BrN3OS. The van der Waals surface area contributed by atoms with Crippen LogP contribution in [-0.2, 0) is 6.61 Å². The monoisotopic (exact) mass is 285 g/mol. The van der Waals surface area contributed by atoms with Gasteiger partial charge in [0.15, 0.2) is 5.01 Å². The van der Waals surface area contributed by atoms with Crippen molar-refractivity contribution >= 4 is 32.4 Å². The Labute approximate surface area is 99.2 Å². The van der Waals surface area contributed by atoms with Crippen molar-refractivity contribution in [1.82, 2.24) is 10.2 Å². The third-order valence-electron chi connectivity index (χ3n) is 1.66. The molecule has 0 spiro atoms. The quantitative estimate of drug-likeness (QED) is 0.941. The van der Waals surface area contributed by atoms with Crippen molar-refractivity contribution in [2.75, 3.05) is 5.73 Å². The van der Waals surface area contributed by atoms with Gasteiger partial charge in [-0.1, -0.05) is 27.3 Å². The number of nitrogens with two attached hydrogens (primary N) is 1. The van der Waals surface area contributed by atoms with Crippen molar-refractivity contribution in [3.05, 3.63) is 33.7 Å². The average molecular weight is 286 g/mol. The van der Waals surface area contributed by atoms with Crippen molar-refractivity contribution < 1.29 is 4.74 Å². The lowest BCUT2D eigenvalue weighted by Crippen LogP contribution is -1.94. The largest absolute Gasteiger partial charge is 0.486 e. The second kappa shape index (κ2) is 4.59. The molecule has 0 aliphatic carbocycles. The molecule has 1 aromatic carbocycles. The SMILES string of the molecule is Nc1nnc(COc2ccc(Br)cc2)s1. The Hall–Kier alpha value is -1.14. The molecule has 15 heavy (non-hydrogen) atoms. The number of aromatic nitrogens is 2. The van der Waals surface area contributed by atoms with Crippen LogP contribution in [0.1, 0.15) is 5.01 Å². The van der Waals surface area contributed by atoms with Crippen molar-refractivity contribution in [2.45, 2.75) is 6.61 Å². The highest BCUT2D eigenvalue weighted by molar-refractivity contribution is 9.10. The van der Waals surface area contributed by atoms with Crippen LogP contribution in [0.3, 0.4) is 0 Å². The molecule has 0 radical (unpaired) electrons. The normalized spacial score (nSPS) is 10.2. The van der Waals surface area contributed by atoms with Gasteiger partial charge in [0.25, 0.3) is 0 Å². The third-order valence-corrected chi connectivity index (χ3v) is 2.91. The van der Waals surface area contributed by atoms with E-state index in [9.17, 15) is 0 Å². The van der Waals surface area contributed by atoms with Crippen LogP contribution < -0.4 is 10.5 Å². The third kappa shape index (κ3) is 2.90. The van der Waals surface area contributed by atoms with E-state index in [4.69, 9.17) is 10.5 Å². The molecule has 0 bridgehead atoms. The lowest BCUT2D eigenvalue weighted by atomic mass is 10.3. The molecule has 0 saturated heterocycles. The number of nitrogens with zero attached hydrogens (tertiary/aromatic N) is 2. The number of anilines is 1.